The van der Waals surface area contributed by atoms with Crippen molar-refractivity contribution < 1.29 is 14.6 Å². The summed E-state index contributed by atoms with van der Waals surface area (Å²) in [6, 6.07) is 7.67. The monoisotopic (exact) mass is 234 g/mol. The van der Waals surface area contributed by atoms with Crippen LogP contribution in [0.5, 0.6) is 0 Å². The van der Waals surface area contributed by atoms with Crippen LogP contribution in [0.25, 0.3) is 6.08 Å². The van der Waals surface area contributed by atoms with E-state index in [2.05, 4.69) is 13.8 Å². The first-order valence-corrected chi connectivity index (χ1v) is 5.65. The highest BCUT2D eigenvalue weighted by Gasteiger charge is 1.97. The molecule has 17 heavy (non-hydrogen) atoms. The Morgan fingerprint density at radius 1 is 1.47 bits per heavy atom. The summed E-state index contributed by atoms with van der Waals surface area (Å²) in [4.78, 5) is 10.4. The van der Waals surface area contributed by atoms with E-state index in [0.717, 1.165) is 23.8 Å². The van der Waals surface area contributed by atoms with Crippen LogP contribution in [0.1, 0.15) is 25.0 Å². The molecule has 0 aliphatic heterocycles. The molecular formula is C14H18O3. The molecule has 0 amide bonds. The van der Waals surface area contributed by atoms with E-state index in [1.54, 1.807) is 6.08 Å². The molecule has 0 saturated carbocycles. The summed E-state index contributed by atoms with van der Waals surface area (Å²) in [7, 11) is 0. The van der Waals surface area contributed by atoms with Crippen LogP contribution < -0.4 is 0 Å². The van der Waals surface area contributed by atoms with Crippen molar-refractivity contribution in [3.8, 4) is 0 Å². The third-order valence-corrected chi connectivity index (χ3v) is 2.09. The number of hydrogen-bond donors (Lipinski definition) is 1. The molecule has 1 aromatic carbocycles. The molecule has 0 aliphatic carbocycles. The van der Waals surface area contributed by atoms with Crippen LogP contribution in [0.2, 0.25) is 0 Å². The van der Waals surface area contributed by atoms with Crippen molar-refractivity contribution in [1.29, 1.82) is 0 Å². The van der Waals surface area contributed by atoms with Crippen molar-refractivity contribution in [3.63, 3.8) is 0 Å². The zero-order valence-corrected chi connectivity index (χ0v) is 10.2. The Balaban J connectivity index is 2.56. The van der Waals surface area contributed by atoms with Crippen molar-refractivity contribution in [3.05, 3.63) is 41.5 Å². The Morgan fingerprint density at radius 3 is 2.88 bits per heavy atom. The fraction of sp³-hybridized carbons (Fsp3) is 0.357. The average Bonchev–Trinajstić information content (AvgIpc) is 2.26. The molecule has 0 aromatic heterocycles. The van der Waals surface area contributed by atoms with Crippen LogP contribution >= 0.6 is 0 Å². The van der Waals surface area contributed by atoms with Gasteiger partial charge in [0.15, 0.2) is 0 Å². The minimum atomic E-state index is -0.938. The van der Waals surface area contributed by atoms with Crippen molar-refractivity contribution >= 4 is 12.0 Å². The zero-order valence-electron chi connectivity index (χ0n) is 10.2. The highest BCUT2D eigenvalue weighted by atomic mass is 16.5. The van der Waals surface area contributed by atoms with Crippen molar-refractivity contribution in [2.75, 3.05) is 6.61 Å². The highest BCUT2D eigenvalue weighted by Crippen LogP contribution is 2.09. The molecule has 0 saturated heterocycles. The Hall–Kier alpha value is -1.61. The molecule has 92 valence electrons. The van der Waals surface area contributed by atoms with E-state index in [-0.39, 0.29) is 0 Å². The van der Waals surface area contributed by atoms with E-state index in [4.69, 9.17) is 9.84 Å². The minimum absolute atomic E-state index is 0.519. The maximum absolute atomic E-state index is 10.4. The van der Waals surface area contributed by atoms with Crippen LogP contribution in [0.3, 0.4) is 0 Å². The molecule has 3 nitrogen and oxygen atoms in total. The number of ether oxygens (including phenoxy) is 1. The van der Waals surface area contributed by atoms with Crippen molar-refractivity contribution in [2.45, 2.75) is 20.5 Å². The number of carbonyl (C=O) groups is 1. The molecule has 0 spiro atoms. The molecular weight excluding hydrogens is 216 g/mol. The number of benzene rings is 1. The minimum Gasteiger partial charge on any atom is -0.478 e. The van der Waals surface area contributed by atoms with Crippen molar-refractivity contribution in [1.82, 2.24) is 0 Å². The molecule has 0 unspecified atom stereocenters. The second-order valence-corrected chi connectivity index (χ2v) is 4.33. The van der Waals surface area contributed by atoms with E-state index in [1.165, 1.54) is 0 Å². The first kappa shape index (κ1) is 13.5. The van der Waals surface area contributed by atoms with E-state index < -0.39 is 5.97 Å². The van der Waals surface area contributed by atoms with Gasteiger partial charge in [-0.05, 0) is 29.2 Å². The van der Waals surface area contributed by atoms with Gasteiger partial charge in [0.05, 0.1) is 6.61 Å². The van der Waals surface area contributed by atoms with Crippen LogP contribution in [0, 0.1) is 5.92 Å². The summed E-state index contributed by atoms with van der Waals surface area (Å²) in [6.45, 7) is 5.50. The Morgan fingerprint density at radius 2 is 2.24 bits per heavy atom. The topological polar surface area (TPSA) is 46.5 Å². The molecule has 1 rings (SSSR count). The number of carboxylic acids is 1. The van der Waals surface area contributed by atoms with E-state index in [0.29, 0.717) is 12.5 Å². The van der Waals surface area contributed by atoms with Gasteiger partial charge in [0, 0.05) is 12.7 Å². The normalized spacial score (nSPS) is 11.2. The molecule has 1 N–H and O–H groups in total. The van der Waals surface area contributed by atoms with Crippen LogP contribution in [0.4, 0.5) is 0 Å². The molecule has 0 heterocycles. The SMILES string of the molecule is CC(C)COCc1cccc(/C=C/C(=O)O)c1. The summed E-state index contributed by atoms with van der Waals surface area (Å²) >= 11 is 0. The number of rotatable bonds is 6. The van der Waals surface area contributed by atoms with Crippen LogP contribution in [-0.2, 0) is 16.1 Å². The van der Waals surface area contributed by atoms with Gasteiger partial charge in [-0.3, -0.25) is 0 Å². The van der Waals surface area contributed by atoms with E-state index >= 15 is 0 Å². The first-order chi connectivity index (χ1) is 8.08. The van der Waals surface area contributed by atoms with Gasteiger partial charge < -0.3 is 9.84 Å². The molecule has 0 radical (unpaired) electrons. The number of carboxylic acid groups (broad SMARTS) is 1. The van der Waals surface area contributed by atoms with Gasteiger partial charge in [-0.2, -0.15) is 0 Å². The lowest BCUT2D eigenvalue weighted by Crippen LogP contribution is -2.01. The maximum Gasteiger partial charge on any atom is 0.328 e. The maximum atomic E-state index is 10.4. The molecule has 0 aliphatic rings. The van der Waals surface area contributed by atoms with Gasteiger partial charge in [0.2, 0.25) is 0 Å². The predicted octanol–water partition coefficient (Wildman–Crippen LogP) is 2.96. The predicted molar refractivity (Wildman–Crippen MR) is 67.6 cm³/mol. The molecule has 1 aromatic rings. The van der Waals surface area contributed by atoms with E-state index in [9.17, 15) is 4.79 Å². The molecule has 3 heteroatoms. The van der Waals surface area contributed by atoms with Gasteiger partial charge in [0.1, 0.15) is 0 Å². The molecule has 0 atom stereocenters. The molecule has 0 fully saturated rings. The highest BCUT2D eigenvalue weighted by molar-refractivity contribution is 5.85. The smallest absolute Gasteiger partial charge is 0.328 e. The largest absolute Gasteiger partial charge is 0.478 e. The quantitative estimate of drug-likeness (QED) is 0.770. The van der Waals surface area contributed by atoms with Crippen molar-refractivity contribution in [2.24, 2.45) is 5.92 Å². The zero-order chi connectivity index (χ0) is 12.7. The summed E-state index contributed by atoms with van der Waals surface area (Å²) in [5, 5.41) is 8.54. The Kier molecular flexibility index (Phi) is 5.43. The second-order valence-electron chi connectivity index (χ2n) is 4.33. The number of aliphatic carboxylic acids is 1. The Labute approximate surface area is 102 Å². The average molecular weight is 234 g/mol. The molecule has 0 bridgehead atoms. The summed E-state index contributed by atoms with van der Waals surface area (Å²) < 4.78 is 5.52. The lowest BCUT2D eigenvalue weighted by molar-refractivity contribution is -0.131. The first-order valence-electron chi connectivity index (χ1n) is 5.65. The van der Waals surface area contributed by atoms with Gasteiger partial charge in [-0.25, -0.2) is 4.79 Å². The van der Waals surface area contributed by atoms with E-state index in [1.807, 2.05) is 24.3 Å². The summed E-state index contributed by atoms with van der Waals surface area (Å²) in [5.74, 6) is -0.420. The fourth-order valence-electron chi connectivity index (χ4n) is 1.37. The third-order valence-electron chi connectivity index (χ3n) is 2.09. The van der Waals surface area contributed by atoms with Gasteiger partial charge in [0.25, 0.3) is 0 Å². The van der Waals surface area contributed by atoms with Gasteiger partial charge in [-0.15, -0.1) is 0 Å². The lowest BCUT2D eigenvalue weighted by Gasteiger charge is -2.07. The van der Waals surface area contributed by atoms with Crippen LogP contribution in [-0.4, -0.2) is 17.7 Å². The summed E-state index contributed by atoms with van der Waals surface area (Å²) in [5.41, 5.74) is 1.93. The summed E-state index contributed by atoms with van der Waals surface area (Å²) in [6.07, 6.45) is 2.71. The van der Waals surface area contributed by atoms with Gasteiger partial charge >= 0.3 is 5.97 Å². The van der Waals surface area contributed by atoms with Crippen LogP contribution in [0.15, 0.2) is 30.3 Å². The fourth-order valence-corrected chi connectivity index (χ4v) is 1.37. The third kappa shape index (κ3) is 5.88. The Bertz CT molecular complexity index is 394. The lowest BCUT2D eigenvalue weighted by atomic mass is 10.1. The second kappa shape index (κ2) is 6.86. The number of hydrogen-bond acceptors (Lipinski definition) is 2. The standard InChI is InChI=1S/C14H18O3/c1-11(2)9-17-10-13-5-3-4-12(8-13)6-7-14(15)16/h3-8,11H,9-10H2,1-2H3,(H,15,16)/b7-6+. The van der Waals surface area contributed by atoms with Gasteiger partial charge in [-0.1, -0.05) is 32.0 Å².